The van der Waals surface area contributed by atoms with E-state index in [2.05, 4.69) is 93.7 Å². The fourth-order valence-electron chi connectivity index (χ4n) is 5.50. The van der Waals surface area contributed by atoms with Gasteiger partial charge in [-0.05, 0) is 66.2 Å². The molecule has 0 saturated carbocycles. The summed E-state index contributed by atoms with van der Waals surface area (Å²) in [4.78, 5) is 11.2. The van der Waals surface area contributed by atoms with Crippen molar-refractivity contribution in [2.75, 3.05) is 4.90 Å². The second-order valence-electron chi connectivity index (χ2n) is 9.47. The Bertz CT molecular complexity index is 2140. The van der Waals surface area contributed by atoms with Gasteiger partial charge in [-0.15, -0.1) is 0 Å². The molecule has 0 aliphatic heterocycles. The van der Waals surface area contributed by atoms with Crippen molar-refractivity contribution >= 4 is 61.2 Å². The Balaban J connectivity index is 1.47. The quantitative estimate of drug-likeness (QED) is 0.239. The third-order valence-electron chi connectivity index (χ3n) is 7.21. The van der Waals surface area contributed by atoms with E-state index < -0.39 is 0 Å². The van der Waals surface area contributed by atoms with Gasteiger partial charge >= 0.3 is 0 Å². The second kappa shape index (κ2) is 8.57. The maximum Gasteiger partial charge on any atom is 0.227 e. The molecule has 0 unspecified atom stereocenters. The van der Waals surface area contributed by atoms with Crippen LogP contribution < -0.4 is 4.90 Å². The summed E-state index contributed by atoms with van der Waals surface area (Å²) in [6.07, 6.45) is 3.52. The minimum Gasteiger partial charge on any atom is -0.438 e. The lowest BCUT2D eigenvalue weighted by Gasteiger charge is -2.28. The molecule has 0 aliphatic carbocycles. The second-order valence-corrected chi connectivity index (χ2v) is 9.47. The highest BCUT2D eigenvalue weighted by atomic mass is 16.3. The molecule has 0 fully saturated rings. The molecule has 39 heavy (non-hydrogen) atoms. The molecule has 0 atom stereocenters. The molecule has 8 rings (SSSR count). The van der Waals surface area contributed by atoms with E-state index in [1.165, 1.54) is 0 Å². The van der Waals surface area contributed by atoms with Gasteiger partial charge in [0.25, 0.3) is 0 Å². The summed E-state index contributed by atoms with van der Waals surface area (Å²) in [6.45, 7) is 0. The molecule has 4 aromatic heterocycles. The number of rotatable bonds is 4. The standard InChI is InChI=1S/C34H21N3O2/c1-2-9-22(10-3-1)24-11-4-5-14-28(24)37(23-17-18-30-27(21-23)25-12-7-19-35-33(25)38-30)29-15-6-16-31-32(29)26-13-8-20-36-34(26)39-31/h1-21H. The molecule has 0 N–H and O–H groups in total. The molecule has 0 radical (unpaired) electrons. The Morgan fingerprint density at radius 2 is 1.23 bits per heavy atom. The van der Waals surface area contributed by atoms with E-state index in [4.69, 9.17) is 8.83 Å². The molecule has 5 nitrogen and oxygen atoms in total. The number of hydrogen-bond donors (Lipinski definition) is 0. The lowest BCUT2D eigenvalue weighted by molar-refractivity contribution is 0.653. The highest BCUT2D eigenvalue weighted by Gasteiger charge is 2.22. The maximum absolute atomic E-state index is 6.18. The highest BCUT2D eigenvalue weighted by Crippen LogP contribution is 2.46. The highest BCUT2D eigenvalue weighted by molar-refractivity contribution is 6.13. The van der Waals surface area contributed by atoms with Gasteiger partial charge in [-0.1, -0.05) is 54.6 Å². The Labute approximate surface area is 223 Å². The Kier molecular flexibility index (Phi) is 4.76. The van der Waals surface area contributed by atoms with Crippen LogP contribution in [0.25, 0.3) is 55.3 Å². The molecule has 184 valence electrons. The van der Waals surface area contributed by atoms with E-state index in [1.807, 2.05) is 36.4 Å². The molecular weight excluding hydrogens is 482 g/mol. The summed E-state index contributed by atoms with van der Waals surface area (Å²) in [6, 6.07) is 39.5. The van der Waals surface area contributed by atoms with Gasteiger partial charge in [0.15, 0.2) is 0 Å². The first kappa shape index (κ1) is 21.6. The first-order chi connectivity index (χ1) is 19.3. The molecule has 0 saturated heterocycles. The summed E-state index contributed by atoms with van der Waals surface area (Å²) in [5.41, 5.74) is 8.19. The summed E-state index contributed by atoms with van der Waals surface area (Å²) in [7, 11) is 0. The Morgan fingerprint density at radius 3 is 2.10 bits per heavy atom. The Hall–Kier alpha value is -5.42. The number of nitrogens with zero attached hydrogens (tertiary/aromatic N) is 3. The van der Waals surface area contributed by atoms with Crippen LogP contribution in [0.15, 0.2) is 136 Å². The van der Waals surface area contributed by atoms with E-state index in [-0.39, 0.29) is 0 Å². The average Bonchev–Trinajstić information content (AvgIpc) is 3.57. The van der Waals surface area contributed by atoms with Crippen LogP contribution in [0.2, 0.25) is 0 Å². The number of fused-ring (bicyclic) bond motifs is 6. The topological polar surface area (TPSA) is 55.3 Å². The SMILES string of the molecule is c1ccc(-c2ccccc2N(c2ccc3oc4ncccc4c3c2)c2cccc3oc4ncccc4c23)cc1. The van der Waals surface area contributed by atoms with Crippen molar-refractivity contribution in [1.29, 1.82) is 0 Å². The van der Waals surface area contributed by atoms with Crippen molar-refractivity contribution in [3.8, 4) is 11.1 Å². The third-order valence-corrected chi connectivity index (χ3v) is 7.21. The van der Waals surface area contributed by atoms with Gasteiger partial charge in [0, 0.05) is 34.4 Å². The molecular formula is C34H21N3O2. The molecule has 0 amide bonds. The number of aromatic nitrogens is 2. The van der Waals surface area contributed by atoms with Crippen molar-refractivity contribution in [3.63, 3.8) is 0 Å². The number of furan rings is 2. The predicted octanol–water partition coefficient (Wildman–Crippen LogP) is 9.41. The van der Waals surface area contributed by atoms with Crippen LogP contribution in [0.1, 0.15) is 0 Å². The van der Waals surface area contributed by atoms with Crippen LogP contribution in [-0.4, -0.2) is 9.97 Å². The van der Waals surface area contributed by atoms with E-state index in [0.717, 1.165) is 60.9 Å². The van der Waals surface area contributed by atoms with E-state index in [0.29, 0.717) is 11.4 Å². The van der Waals surface area contributed by atoms with Gasteiger partial charge < -0.3 is 13.7 Å². The summed E-state index contributed by atoms with van der Waals surface area (Å²) in [5.74, 6) is 0. The normalized spacial score (nSPS) is 11.6. The van der Waals surface area contributed by atoms with Gasteiger partial charge in [-0.3, -0.25) is 0 Å². The number of pyridine rings is 2. The van der Waals surface area contributed by atoms with Crippen molar-refractivity contribution in [3.05, 3.63) is 128 Å². The van der Waals surface area contributed by atoms with Crippen LogP contribution >= 0.6 is 0 Å². The van der Waals surface area contributed by atoms with Crippen LogP contribution in [0.5, 0.6) is 0 Å². The van der Waals surface area contributed by atoms with Gasteiger partial charge in [0.2, 0.25) is 11.4 Å². The zero-order valence-electron chi connectivity index (χ0n) is 20.8. The molecule has 0 spiro atoms. The van der Waals surface area contributed by atoms with Gasteiger partial charge in [-0.25, -0.2) is 9.97 Å². The summed E-state index contributed by atoms with van der Waals surface area (Å²) in [5, 5.41) is 4.00. The lowest BCUT2D eigenvalue weighted by atomic mass is 10.0. The monoisotopic (exact) mass is 503 g/mol. The number of hydrogen-bond acceptors (Lipinski definition) is 5. The number of anilines is 3. The number of benzene rings is 4. The van der Waals surface area contributed by atoms with Crippen molar-refractivity contribution in [2.45, 2.75) is 0 Å². The largest absolute Gasteiger partial charge is 0.438 e. The molecule has 0 aliphatic rings. The minimum atomic E-state index is 0.624. The van der Waals surface area contributed by atoms with Gasteiger partial charge in [-0.2, -0.15) is 0 Å². The van der Waals surface area contributed by atoms with E-state index in [1.54, 1.807) is 12.4 Å². The molecule has 8 aromatic rings. The first-order valence-corrected chi connectivity index (χ1v) is 12.8. The zero-order chi connectivity index (χ0) is 25.8. The third kappa shape index (κ3) is 3.41. The molecule has 5 heteroatoms. The Morgan fingerprint density at radius 1 is 0.513 bits per heavy atom. The first-order valence-electron chi connectivity index (χ1n) is 12.8. The van der Waals surface area contributed by atoms with Crippen molar-refractivity contribution in [1.82, 2.24) is 9.97 Å². The van der Waals surface area contributed by atoms with Crippen LogP contribution in [0.3, 0.4) is 0 Å². The van der Waals surface area contributed by atoms with Crippen molar-refractivity contribution < 1.29 is 8.83 Å². The van der Waals surface area contributed by atoms with Crippen LogP contribution in [-0.2, 0) is 0 Å². The summed E-state index contributed by atoms with van der Waals surface area (Å²) >= 11 is 0. The van der Waals surface area contributed by atoms with Crippen molar-refractivity contribution in [2.24, 2.45) is 0 Å². The maximum atomic E-state index is 6.18. The fourth-order valence-corrected chi connectivity index (χ4v) is 5.50. The molecule has 0 bridgehead atoms. The molecule has 4 heterocycles. The van der Waals surface area contributed by atoms with Crippen LogP contribution in [0.4, 0.5) is 17.1 Å². The molecule has 4 aromatic carbocycles. The predicted molar refractivity (Wildman–Crippen MR) is 157 cm³/mol. The lowest BCUT2D eigenvalue weighted by Crippen LogP contribution is -2.11. The number of para-hydroxylation sites is 1. The summed E-state index contributed by atoms with van der Waals surface area (Å²) < 4.78 is 12.2. The zero-order valence-corrected chi connectivity index (χ0v) is 20.8. The average molecular weight is 504 g/mol. The minimum absolute atomic E-state index is 0.624. The van der Waals surface area contributed by atoms with Gasteiger partial charge in [0.05, 0.1) is 22.1 Å². The van der Waals surface area contributed by atoms with Crippen LogP contribution in [0, 0.1) is 0 Å². The van der Waals surface area contributed by atoms with Gasteiger partial charge in [0.1, 0.15) is 11.2 Å². The smallest absolute Gasteiger partial charge is 0.227 e. The fraction of sp³-hybridized carbons (Fsp3) is 0. The van der Waals surface area contributed by atoms with E-state index >= 15 is 0 Å². The van der Waals surface area contributed by atoms with E-state index in [9.17, 15) is 0 Å².